The summed E-state index contributed by atoms with van der Waals surface area (Å²) in [6.07, 6.45) is 0. The summed E-state index contributed by atoms with van der Waals surface area (Å²) in [5.74, 6) is -0.326. The van der Waals surface area contributed by atoms with Crippen LogP contribution in [-0.4, -0.2) is 0 Å². The molecule has 0 aromatic heterocycles. The number of rotatable bonds is 1. The van der Waals surface area contributed by atoms with Gasteiger partial charge in [-0.2, -0.15) is 0 Å². The SMILES string of the molecule is CC(C)(C)[C@H](N)c1c(N)cccc1F. The van der Waals surface area contributed by atoms with Gasteiger partial charge in [-0.25, -0.2) is 4.39 Å². The van der Waals surface area contributed by atoms with Crippen molar-refractivity contribution in [3.05, 3.63) is 29.6 Å². The Morgan fingerprint density at radius 1 is 1.29 bits per heavy atom. The van der Waals surface area contributed by atoms with Crippen molar-refractivity contribution in [1.29, 1.82) is 0 Å². The molecule has 1 aromatic rings. The smallest absolute Gasteiger partial charge is 0.130 e. The molecule has 0 saturated heterocycles. The van der Waals surface area contributed by atoms with Gasteiger partial charge in [0.2, 0.25) is 0 Å². The van der Waals surface area contributed by atoms with Crippen molar-refractivity contribution < 1.29 is 4.39 Å². The number of hydrogen-bond acceptors (Lipinski definition) is 2. The molecule has 1 aromatic carbocycles. The molecular weight excluding hydrogens is 179 g/mol. The van der Waals surface area contributed by atoms with E-state index in [1.165, 1.54) is 6.07 Å². The lowest BCUT2D eigenvalue weighted by Crippen LogP contribution is -2.28. The molecule has 1 atom stereocenters. The van der Waals surface area contributed by atoms with E-state index in [1.54, 1.807) is 12.1 Å². The molecular formula is C11H17FN2. The van der Waals surface area contributed by atoms with E-state index in [9.17, 15) is 4.39 Å². The van der Waals surface area contributed by atoms with Crippen molar-refractivity contribution in [2.75, 3.05) is 5.73 Å². The molecule has 1 rings (SSSR count). The van der Waals surface area contributed by atoms with E-state index in [1.807, 2.05) is 20.8 Å². The number of nitrogens with two attached hydrogens (primary N) is 2. The zero-order chi connectivity index (χ0) is 10.9. The molecule has 14 heavy (non-hydrogen) atoms. The molecule has 0 spiro atoms. The van der Waals surface area contributed by atoms with Gasteiger partial charge in [0.05, 0.1) is 0 Å². The molecule has 0 aliphatic heterocycles. The summed E-state index contributed by atoms with van der Waals surface area (Å²) in [4.78, 5) is 0. The fourth-order valence-electron chi connectivity index (χ4n) is 1.31. The summed E-state index contributed by atoms with van der Waals surface area (Å²) < 4.78 is 13.5. The average Bonchev–Trinajstić information content (AvgIpc) is 2.01. The minimum absolute atomic E-state index is 0.198. The van der Waals surface area contributed by atoms with E-state index in [0.29, 0.717) is 11.3 Å². The van der Waals surface area contributed by atoms with Gasteiger partial charge in [0.25, 0.3) is 0 Å². The Bertz CT molecular complexity index is 308. The quantitative estimate of drug-likeness (QED) is 0.678. The number of benzene rings is 1. The lowest BCUT2D eigenvalue weighted by atomic mass is 9.82. The highest BCUT2D eigenvalue weighted by atomic mass is 19.1. The Kier molecular flexibility index (Phi) is 2.81. The number of halogens is 1. The molecule has 4 N–H and O–H groups in total. The number of anilines is 1. The molecule has 78 valence electrons. The summed E-state index contributed by atoms with van der Waals surface area (Å²) >= 11 is 0. The highest BCUT2D eigenvalue weighted by Crippen LogP contribution is 2.34. The van der Waals surface area contributed by atoms with Gasteiger partial charge in [0.1, 0.15) is 5.82 Å². The Balaban J connectivity index is 3.19. The first-order chi connectivity index (χ1) is 6.34. The van der Waals surface area contributed by atoms with Crippen LogP contribution in [0, 0.1) is 11.2 Å². The van der Waals surface area contributed by atoms with Gasteiger partial charge in [-0.3, -0.25) is 0 Å². The van der Waals surface area contributed by atoms with Crippen molar-refractivity contribution in [2.45, 2.75) is 26.8 Å². The minimum Gasteiger partial charge on any atom is -0.398 e. The average molecular weight is 196 g/mol. The van der Waals surface area contributed by atoms with Crippen LogP contribution in [0.4, 0.5) is 10.1 Å². The molecule has 0 aliphatic carbocycles. The highest BCUT2D eigenvalue weighted by Gasteiger charge is 2.26. The molecule has 0 radical (unpaired) electrons. The van der Waals surface area contributed by atoms with E-state index in [0.717, 1.165) is 0 Å². The van der Waals surface area contributed by atoms with E-state index in [4.69, 9.17) is 11.5 Å². The lowest BCUT2D eigenvalue weighted by molar-refractivity contribution is 0.320. The summed E-state index contributed by atoms with van der Waals surface area (Å²) in [6.45, 7) is 5.89. The molecule has 2 nitrogen and oxygen atoms in total. The molecule has 3 heteroatoms. The summed E-state index contributed by atoms with van der Waals surface area (Å²) in [5, 5.41) is 0. The van der Waals surface area contributed by atoms with Crippen LogP contribution >= 0.6 is 0 Å². The van der Waals surface area contributed by atoms with Crippen LogP contribution in [0.15, 0.2) is 18.2 Å². The minimum atomic E-state index is -0.385. The lowest BCUT2D eigenvalue weighted by Gasteiger charge is -2.28. The van der Waals surface area contributed by atoms with Crippen LogP contribution in [-0.2, 0) is 0 Å². The normalized spacial score (nSPS) is 14.1. The third-order valence-corrected chi connectivity index (χ3v) is 2.33. The second-order valence-corrected chi connectivity index (χ2v) is 4.59. The Hall–Kier alpha value is -1.09. The zero-order valence-corrected chi connectivity index (χ0v) is 8.84. The largest absolute Gasteiger partial charge is 0.398 e. The van der Waals surface area contributed by atoms with Gasteiger partial charge >= 0.3 is 0 Å². The Labute approximate surface area is 84.1 Å². The van der Waals surface area contributed by atoms with Gasteiger partial charge < -0.3 is 11.5 Å². The van der Waals surface area contributed by atoms with Crippen LogP contribution in [0.25, 0.3) is 0 Å². The van der Waals surface area contributed by atoms with Gasteiger partial charge in [-0.15, -0.1) is 0 Å². The van der Waals surface area contributed by atoms with Crippen LogP contribution in [0.1, 0.15) is 32.4 Å². The van der Waals surface area contributed by atoms with E-state index >= 15 is 0 Å². The second kappa shape index (κ2) is 3.58. The predicted octanol–water partition coefficient (Wildman–Crippen LogP) is 2.45. The number of nitrogen functional groups attached to an aromatic ring is 1. The predicted molar refractivity (Wildman–Crippen MR) is 57.2 cm³/mol. The van der Waals surface area contributed by atoms with Gasteiger partial charge in [-0.1, -0.05) is 26.8 Å². The van der Waals surface area contributed by atoms with E-state index < -0.39 is 0 Å². The van der Waals surface area contributed by atoms with Crippen LogP contribution < -0.4 is 11.5 Å². The van der Waals surface area contributed by atoms with Gasteiger partial charge in [0.15, 0.2) is 0 Å². The van der Waals surface area contributed by atoms with Crippen molar-refractivity contribution in [3.63, 3.8) is 0 Å². The standard InChI is InChI=1S/C11H17FN2/c1-11(2,3)10(14)9-7(12)5-4-6-8(9)13/h4-6,10H,13-14H2,1-3H3/t10-/m1/s1. The van der Waals surface area contributed by atoms with Crippen molar-refractivity contribution in [2.24, 2.45) is 11.1 Å². The van der Waals surface area contributed by atoms with Gasteiger partial charge in [0, 0.05) is 17.3 Å². The van der Waals surface area contributed by atoms with Gasteiger partial charge in [-0.05, 0) is 17.5 Å². The summed E-state index contributed by atoms with van der Waals surface area (Å²) in [6, 6.07) is 4.26. The zero-order valence-electron chi connectivity index (χ0n) is 8.84. The van der Waals surface area contributed by atoms with E-state index in [-0.39, 0.29) is 17.3 Å². The van der Waals surface area contributed by atoms with Crippen LogP contribution in [0.3, 0.4) is 0 Å². The Morgan fingerprint density at radius 3 is 2.29 bits per heavy atom. The first kappa shape index (κ1) is 11.0. The maximum Gasteiger partial charge on any atom is 0.130 e. The fraction of sp³-hybridized carbons (Fsp3) is 0.455. The maximum absolute atomic E-state index is 13.5. The molecule has 0 saturated carbocycles. The van der Waals surface area contributed by atoms with Crippen molar-refractivity contribution in [1.82, 2.24) is 0 Å². The topological polar surface area (TPSA) is 52.0 Å². The van der Waals surface area contributed by atoms with E-state index in [2.05, 4.69) is 0 Å². The maximum atomic E-state index is 13.5. The van der Waals surface area contributed by atoms with Crippen LogP contribution in [0.2, 0.25) is 0 Å². The second-order valence-electron chi connectivity index (χ2n) is 4.59. The summed E-state index contributed by atoms with van der Waals surface area (Å²) in [5.41, 5.74) is 12.3. The van der Waals surface area contributed by atoms with Crippen LogP contribution in [0.5, 0.6) is 0 Å². The molecule has 0 heterocycles. The fourth-order valence-corrected chi connectivity index (χ4v) is 1.31. The first-order valence-corrected chi connectivity index (χ1v) is 4.63. The molecule has 0 amide bonds. The summed E-state index contributed by atoms with van der Waals surface area (Å²) in [7, 11) is 0. The molecule has 0 fully saturated rings. The van der Waals surface area contributed by atoms with Crippen molar-refractivity contribution >= 4 is 5.69 Å². The third-order valence-electron chi connectivity index (χ3n) is 2.33. The van der Waals surface area contributed by atoms with Crippen molar-refractivity contribution in [3.8, 4) is 0 Å². The number of hydrogen-bond donors (Lipinski definition) is 2. The first-order valence-electron chi connectivity index (χ1n) is 4.63. The molecule has 0 bridgehead atoms. The molecule has 0 unspecified atom stereocenters. The third kappa shape index (κ3) is 2.04. The highest BCUT2D eigenvalue weighted by molar-refractivity contribution is 5.49. The Morgan fingerprint density at radius 2 is 1.86 bits per heavy atom. The molecule has 0 aliphatic rings. The monoisotopic (exact) mass is 196 g/mol.